The summed E-state index contributed by atoms with van der Waals surface area (Å²) in [7, 11) is -9.82. The number of unbranched alkanes of at least 4 members (excludes halogenated alkanes) is 46. The summed E-state index contributed by atoms with van der Waals surface area (Å²) in [6.45, 7) is 2.42. The van der Waals surface area contributed by atoms with Crippen LogP contribution in [0, 0.1) is 0 Å². The third-order valence-electron chi connectivity index (χ3n) is 22.8. The van der Waals surface area contributed by atoms with Crippen LogP contribution in [0.2, 0.25) is 0 Å². The number of hydrogen-bond donors (Lipinski definition) is 4. The lowest BCUT2D eigenvalue weighted by Gasteiger charge is -2.21. The smallest absolute Gasteiger partial charge is 0.463 e. The van der Waals surface area contributed by atoms with Gasteiger partial charge in [0, 0.05) is 19.3 Å². The molecule has 0 radical (unpaired) electrons. The lowest BCUT2D eigenvalue weighted by Crippen LogP contribution is -2.30. The molecular formula is C115H196O16P2. The lowest BCUT2D eigenvalue weighted by molar-refractivity contribution is -0.161. The van der Waals surface area contributed by atoms with Gasteiger partial charge in [-0.2, -0.15) is 0 Å². The third kappa shape index (κ3) is 107. The van der Waals surface area contributed by atoms with Gasteiger partial charge in [0.25, 0.3) is 0 Å². The Labute approximate surface area is 814 Å². The highest BCUT2D eigenvalue weighted by molar-refractivity contribution is 7.47. The minimum absolute atomic E-state index is 0.100. The number of esters is 3. The van der Waals surface area contributed by atoms with Crippen LogP contribution in [-0.2, 0) is 55.8 Å². The van der Waals surface area contributed by atoms with Crippen LogP contribution in [0.25, 0.3) is 0 Å². The molecule has 0 aliphatic heterocycles. The van der Waals surface area contributed by atoms with Gasteiger partial charge < -0.3 is 34.2 Å². The molecule has 0 aliphatic carbocycles. The van der Waals surface area contributed by atoms with Gasteiger partial charge in [0.05, 0.1) is 26.4 Å². The van der Waals surface area contributed by atoms with Crippen molar-refractivity contribution in [1.82, 2.24) is 0 Å². The lowest BCUT2D eigenvalue weighted by atomic mass is 10.0. The van der Waals surface area contributed by atoms with E-state index in [1.807, 2.05) is 0 Å². The van der Waals surface area contributed by atoms with Gasteiger partial charge in [-0.25, -0.2) is 9.13 Å². The fourth-order valence-electron chi connectivity index (χ4n) is 14.8. The number of carbonyl (C=O) groups is 3. The molecule has 0 aromatic carbocycles. The molecule has 0 aliphatic rings. The number of ether oxygens (including phenoxy) is 3. The van der Waals surface area contributed by atoms with Gasteiger partial charge in [0.1, 0.15) is 25.4 Å². The molecule has 0 fully saturated rings. The zero-order valence-electron chi connectivity index (χ0n) is 84.6. The Hall–Kier alpha value is -5.61. The standard InChI is InChI=1S/C115H196O16P2/c1-4-7-10-13-16-19-22-25-28-31-34-37-40-43-46-49-52-53-54-55-58-60-62-65-68-71-74-77-80-83-86-89-92-95-98-101-113(118)125-104-110(116)105-127-132(121,122)128-106-111(117)107-129-133(123,124)130-109-112(131-115(120)103-100-97-94-91-88-85-82-79-76-73-70-67-64-61-57-51-48-45-42-39-36-33-30-27-24-21-18-15-12-9-6-3)108-126-114(119)102-99-96-93-90-87-84-81-78-75-72-69-66-63-59-56-50-47-44-41-38-35-32-29-26-23-20-17-14-11-8-5-2/h7-12,16-21,25-30,34-39,43-48,56,59,110-112,116-117H,4-6,13-15,22-24,31-33,40-42,49-55,57-58,60-109H2,1-3H3,(H,121,122)(H,123,124)/b10-7-,11-8-,12-9-,19-16-,20-17-,21-18-,28-25-,29-26-,30-27-,37-34-,38-35-,39-36-,46-43-,47-44-,48-45-,59-56-. The highest BCUT2D eigenvalue weighted by Crippen LogP contribution is 2.45. The molecular weight excluding hydrogens is 1700 g/mol. The summed E-state index contributed by atoms with van der Waals surface area (Å²) in [5.74, 6) is -1.56. The molecule has 0 heterocycles. The largest absolute Gasteiger partial charge is 0.472 e. The van der Waals surface area contributed by atoms with E-state index in [0.29, 0.717) is 19.3 Å². The Morgan fingerprint density at radius 3 is 0.594 bits per heavy atom. The van der Waals surface area contributed by atoms with Crippen LogP contribution in [0.3, 0.4) is 0 Å². The first-order chi connectivity index (χ1) is 65.2. The van der Waals surface area contributed by atoms with E-state index in [4.69, 9.17) is 32.3 Å². The van der Waals surface area contributed by atoms with Crippen molar-refractivity contribution >= 4 is 33.6 Å². The molecule has 5 unspecified atom stereocenters. The molecule has 16 nitrogen and oxygen atoms in total. The predicted octanol–water partition coefficient (Wildman–Crippen LogP) is 34.5. The topological polar surface area (TPSA) is 231 Å². The molecule has 18 heteroatoms. The zero-order chi connectivity index (χ0) is 96.4. The molecule has 0 spiro atoms. The highest BCUT2D eigenvalue weighted by Gasteiger charge is 2.30. The van der Waals surface area contributed by atoms with Crippen molar-refractivity contribution in [2.45, 2.75) is 476 Å². The zero-order valence-corrected chi connectivity index (χ0v) is 86.4. The molecule has 0 amide bonds. The minimum Gasteiger partial charge on any atom is -0.463 e. The maximum atomic E-state index is 13.2. The Morgan fingerprint density at radius 2 is 0.376 bits per heavy atom. The van der Waals surface area contributed by atoms with Crippen molar-refractivity contribution in [2.75, 3.05) is 39.6 Å². The molecule has 762 valence electrons. The van der Waals surface area contributed by atoms with Crippen LogP contribution < -0.4 is 0 Å². The number of carbonyl (C=O) groups excluding carboxylic acids is 3. The summed E-state index contributed by atoms with van der Waals surface area (Å²) in [6, 6.07) is 0. The van der Waals surface area contributed by atoms with Gasteiger partial charge in [-0.15, -0.1) is 0 Å². The summed E-state index contributed by atoms with van der Waals surface area (Å²) in [5.41, 5.74) is 0. The van der Waals surface area contributed by atoms with Gasteiger partial charge in [-0.3, -0.25) is 32.5 Å². The Balaban J connectivity index is 4.60. The maximum absolute atomic E-state index is 13.2. The van der Waals surface area contributed by atoms with Crippen molar-refractivity contribution in [3.05, 3.63) is 194 Å². The van der Waals surface area contributed by atoms with Crippen molar-refractivity contribution in [1.29, 1.82) is 0 Å². The molecule has 5 atom stereocenters. The first-order valence-electron chi connectivity index (χ1n) is 53.7. The summed E-state index contributed by atoms with van der Waals surface area (Å²) in [4.78, 5) is 59.3. The first kappa shape index (κ1) is 127. The van der Waals surface area contributed by atoms with Crippen molar-refractivity contribution < 1.29 is 75.8 Å². The van der Waals surface area contributed by atoms with E-state index in [9.17, 15) is 43.5 Å². The number of hydrogen-bond acceptors (Lipinski definition) is 14. The van der Waals surface area contributed by atoms with E-state index in [-0.39, 0.29) is 19.3 Å². The molecule has 0 aromatic rings. The van der Waals surface area contributed by atoms with Crippen molar-refractivity contribution in [3.8, 4) is 0 Å². The second-order valence-electron chi connectivity index (χ2n) is 35.6. The first-order valence-corrected chi connectivity index (χ1v) is 56.7. The fourth-order valence-corrected chi connectivity index (χ4v) is 16.4. The van der Waals surface area contributed by atoms with E-state index in [1.54, 1.807) is 0 Å². The molecule has 0 rings (SSSR count). The number of rotatable bonds is 101. The van der Waals surface area contributed by atoms with E-state index in [0.717, 1.165) is 186 Å². The third-order valence-corrected chi connectivity index (χ3v) is 24.7. The van der Waals surface area contributed by atoms with Crippen molar-refractivity contribution in [3.63, 3.8) is 0 Å². The van der Waals surface area contributed by atoms with Crippen LogP contribution >= 0.6 is 15.6 Å². The number of allylic oxidation sites excluding steroid dienone is 32. The Bertz CT molecular complexity index is 3200. The molecule has 4 N–H and O–H groups in total. The van der Waals surface area contributed by atoms with Gasteiger partial charge in [0.2, 0.25) is 0 Å². The molecule has 0 saturated carbocycles. The fraction of sp³-hybridized carbons (Fsp3) is 0.696. The van der Waals surface area contributed by atoms with Crippen LogP contribution in [0.4, 0.5) is 0 Å². The SMILES string of the molecule is CC/C=C\C/C=C\C/C=C\C/C=C\C/C=C\C/C=C\CCCCCCCCCCCCCCC(=O)OCC(COP(=O)(O)OCC(O)COP(=O)(O)OCC(O)COC(=O)CCCCCCCCCCCCCCCCCCCCC/C=C\C/C=C\C/C=C\C/C=C\C/C=C\CC)OC(=O)CCCCCCCCCCCCCCCCC/C=C\C/C=C\C/C=C\C/C=C\C/C=C\CC. The monoisotopic (exact) mass is 1900 g/mol. The van der Waals surface area contributed by atoms with Crippen molar-refractivity contribution in [2.24, 2.45) is 0 Å². The number of phosphoric acid groups is 2. The van der Waals surface area contributed by atoms with Gasteiger partial charge in [0.15, 0.2) is 6.10 Å². The quantitative estimate of drug-likeness (QED) is 0.0146. The summed E-state index contributed by atoms with van der Waals surface area (Å²) < 4.78 is 61.8. The maximum Gasteiger partial charge on any atom is 0.472 e. The number of aliphatic hydroxyl groups excluding tert-OH is 2. The average Bonchev–Trinajstić information content (AvgIpc) is 0.900. The Morgan fingerprint density at radius 1 is 0.211 bits per heavy atom. The number of phosphoric ester groups is 2. The number of aliphatic hydroxyl groups is 2. The van der Waals surface area contributed by atoms with E-state index < -0.39 is 91.5 Å². The molecule has 133 heavy (non-hydrogen) atoms. The van der Waals surface area contributed by atoms with E-state index in [1.165, 1.54) is 212 Å². The van der Waals surface area contributed by atoms with E-state index in [2.05, 4.69) is 215 Å². The summed E-state index contributed by atoms with van der Waals surface area (Å²) in [5, 5.41) is 20.8. The minimum atomic E-state index is -4.95. The average molecular weight is 1900 g/mol. The van der Waals surface area contributed by atoms with Gasteiger partial charge in [-0.05, 0) is 161 Å². The van der Waals surface area contributed by atoms with E-state index >= 15 is 0 Å². The van der Waals surface area contributed by atoms with Crippen LogP contribution in [0.15, 0.2) is 194 Å². The molecule has 0 bridgehead atoms. The van der Waals surface area contributed by atoms with Gasteiger partial charge >= 0.3 is 33.6 Å². The van der Waals surface area contributed by atoms with Crippen LogP contribution in [0.1, 0.15) is 457 Å². The second-order valence-corrected chi connectivity index (χ2v) is 38.5. The molecule has 0 aromatic heterocycles. The predicted molar refractivity (Wildman–Crippen MR) is 564 cm³/mol. The van der Waals surface area contributed by atoms with Crippen LogP contribution in [0.5, 0.6) is 0 Å². The van der Waals surface area contributed by atoms with Crippen LogP contribution in [-0.4, -0.2) is 95.9 Å². The summed E-state index contributed by atoms with van der Waals surface area (Å²) >= 11 is 0. The molecule has 0 saturated heterocycles. The highest BCUT2D eigenvalue weighted by atomic mass is 31.2. The second kappa shape index (κ2) is 105. The summed E-state index contributed by atoms with van der Waals surface area (Å²) in [6.07, 6.45) is 142. The Kier molecular flexibility index (Phi) is 101. The van der Waals surface area contributed by atoms with Gasteiger partial charge in [-0.1, -0.05) is 472 Å². The normalized spacial score (nSPS) is 14.4.